The van der Waals surface area contributed by atoms with E-state index in [1.165, 1.54) is 12.1 Å². The van der Waals surface area contributed by atoms with E-state index < -0.39 is 0 Å². The third-order valence-electron chi connectivity index (χ3n) is 3.64. The number of ether oxygens (including phenoxy) is 1. The van der Waals surface area contributed by atoms with Gasteiger partial charge in [-0.25, -0.2) is 0 Å². The molecule has 0 fully saturated rings. The zero-order valence-electron chi connectivity index (χ0n) is 13.2. The van der Waals surface area contributed by atoms with Crippen LogP contribution in [0.25, 0.3) is 21.9 Å². The number of benzene rings is 2. The van der Waals surface area contributed by atoms with Crippen LogP contribution in [0, 0.1) is 0 Å². The Hall–Kier alpha value is -2.53. The Morgan fingerprint density at radius 2 is 1.78 bits per heavy atom. The molecule has 23 heavy (non-hydrogen) atoms. The van der Waals surface area contributed by atoms with E-state index in [2.05, 4.69) is 4.90 Å². The van der Waals surface area contributed by atoms with Crippen molar-refractivity contribution < 1.29 is 14.3 Å². The molecule has 0 atom stereocenters. The summed E-state index contributed by atoms with van der Waals surface area (Å²) in [6.45, 7) is 1.53. The van der Waals surface area contributed by atoms with Gasteiger partial charge in [0.05, 0.1) is 17.4 Å². The fourth-order valence-corrected chi connectivity index (χ4v) is 2.48. The summed E-state index contributed by atoms with van der Waals surface area (Å²) in [5.74, 6) is 0.684. The molecule has 0 aliphatic carbocycles. The molecule has 1 aromatic heterocycles. The van der Waals surface area contributed by atoms with Crippen molar-refractivity contribution in [2.24, 2.45) is 0 Å². The molecule has 0 aliphatic rings. The van der Waals surface area contributed by atoms with E-state index in [1.54, 1.807) is 24.3 Å². The van der Waals surface area contributed by atoms with Crippen molar-refractivity contribution in [1.82, 2.24) is 4.90 Å². The molecule has 3 aromatic rings. The summed E-state index contributed by atoms with van der Waals surface area (Å²) in [4.78, 5) is 14.7. The van der Waals surface area contributed by atoms with Gasteiger partial charge in [0.15, 0.2) is 0 Å². The lowest BCUT2D eigenvalue weighted by atomic mass is 10.1. The van der Waals surface area contributed by atoms with E-state index in [-0.39, 0.29) is 11.2 Å². The zero-order valence-corrected chi connectivity index (χ0v) is 13.2. The van der Waals surface area contributed by atoms with Crippen LogP contribution in [0.3, 0.4) is 0 Å². The number of rotatable bonds is 5. The van der Waals surface area contributed by atoms with Gasteiger partial charge in [0.2, 0.25) is 5.43 Å². The van der Waals surface area contributed by atoms with Crippen LogP contribution in [0.5, 0.6) is 11.5 Å². The molecule has 3 rings (SSSR count). The van der Waals surface area contributed by atoms with E-state index in [1.807, 2.05) is 14.1 Å². The first-order chi connectivity index (χ1) is 11.0. The fourth-order valence-electron chi connectivity index (χ4n) is 2.48. The summed E-state index contributed by atoms with van der Waals surface area (Å²) < 4.78 is 11.4. The van der Waals surface area contributed by atoms with Crippen molar-refractivity contribution >= 4 is 21.9 Å². The summed E-state index contributed by atoms with van der Waals surface area (Å²) in [7, 11) is 4.03. The van der Waals surface area contributed by atoms with Crippen LogP contribution >= 0.6 is 0 Å². The molecule has 0 saturated carbocycles. The molecule has 0 amide bonds. The molecule has 5 heteroatoms. The number of aromatic hydroxyl groups is 1. The number of phenols is 1. The first-order valence-corrected chi connectivity index (χ1v) is 7.52. The van der Waals surface area contributed by atoms with Crippen LogP contribution in [0.2, 0.25) is 0 Å². The molecule has 1 N–H and O–H groups in total. The topological polar surface area (TPSA) is 62.9 Å². The Bertz CT molecular complexity index is 899. The molecule has 0 saturated heterocycles. The van der Waals surface area contributed by atoms with Crippen LogP contribution in [-0.2, 0) is 0 Å². The summed E-state index contributed by atoms with van der Waals surface area (Å²) in [6, 6.07) is 9.75. The van der Waals surface area contributed by atoms with Gasteiger partial charge in [-0.15, -0.1) is 0 Å². The van der Waals surface area contributed by atoms with Gasteiger partial charge in [0, 0.05) is 6.54 Å². The average molecular weight is 313 g/mol. The second-order valence-corrected chi connectivity index (χ2v) is 5.77. The lowest BCUT2D eigenvalue weighted by Crippen LogP contribution is -2.15. The predicted molar refractivity (Wildman–Crippen MR) is 90.3 cm³/mol. The van der Waals surface area contributed by atoms with E-state index in [0.717, 1.165) is 13.0 Å². The maximum atomic E-state index is 12.6. The van der Waals surface area contributed by atoms with E-state index in [0.29, 0.717) is 34.3 Å². The minimum absolute atomic E-state index is 0.0419. The van der Waals surface area contributed by atoms with Gasteiger partial charge in [-0.3, -0.25) is 4.79 Å². The summed E-state index contributed by atoms with van der Waals surface area (Å²) in [6.07, 6.45) is 0.908. The third-order valence-corrected chi connectivity index (χ3v) is 3.64. The summed E-state index contributed by atoms with van der Waals surface area (Å²) >= 11 is 0. The third kappa shape index (κ3) is 3.29. The second-order valence-electron chi connectivity index (χ2n) is 5.77. The second kappa shape index (κ2) is 6.30. The molecular weight excluding hydrogens is 294 g/mol. The molecule has 5 nitrogen and oxygen atoms in total. The van der Waals surface area contributed by atoms with Crippen LogP contribution in [0.15, 0.2) is 45.6 Å². The van der Waals surface area contributed by atoms with Gasteiger partial charge in [0.1, 0.15) is 22.7 Å². The van der Waals surface area contributed by atoms with Crippen LogP contribution < -0.4 is 10.2 Å². The first-order valence-electron chi connectivity index (χ1n) is 7.52. The lowest BCUT2D eigenvalue weighted by Gasteiger charge is -2.10. The van der Waals surface area contributed by atoms with Gasteiger partial charge in [-0.1, -0.05) is 0 Å². The standard InChI is InChI=1S/C18H19NO4/c1-19(2)8-3-9-22-13-5-7-17-15(11-13)18(21)14-10-12(20)4-6-16(14)23-17/h4-7,10-11,20H,3,8-9H2,1-2H3. The Balaban J connectivity index is 1.94. The summed E-state index contributed by atoms with van der Waals surface area (Å²) in [5, 5.41) is 10.4. The number of nitrogens with zero attached hydrogens (tertiary/aromatic N) is 1. The molecule has 0 unspecified atom stereocenters. The largest absolute Gasteiger partial charge is 0.508 e. The predicted octanol–water partition coefficient (Wildman–Crippen LogP) is 2.98. The maximum absolute atomic E-state index is 12.6. The Morgan fingerprint density at radius 1 is 1.09 bits per heavy atom. The quantitative estimate of drug-likeness (QED) is 0.579. The number of phenolic OH excluding ortho intramolecular Hbond substituents is 1. The maximum Gasteiger partial charge on any atom is 0.200 e. The SMILES string of the molecule is CN(C)CCCOc1ccc2oc3ccc(O)cc3c(=O)c2c1. The van der Waals surface area contributed by atoms with Crippen molar-refractivity contribution in [2.75, 3.05) is 27.2 Å². The van der Waals surface area contributed by atoms with Crippen molar-refractivity contribution in [3.8, 4) is 11.5 Å². The monoisotopic (exact) mass is 313 g/mol. The minimum Gasteiger partial charge on any atom is -0.508 e. The van der Waals surface area contributed by atoms with Crippen molar-refractivity contribution in [3.05, 3.63) is 46.6 Å². The number of hydrogen-bond acceptors (Lipinski definition) is 5. The molecule has 0 radical (unpaired) electrons. The number of fused-ring (bicyclic) bond motifs is 2. The highest BCUT2D eigenvalue weighted by molar-refractivity contribution is 5.90. The van der Waals surface area contributed by atoms with E-state index in [4.69, 9.17) is 9.15 Å². The Morgan fingerprint density at radius 3 is 2.52 bits per heavy atom. The molecular formula is C18H19NO4. The van der Waals surface area contributed by atoms with Gasteiger partial charge in [-0.2, -0.15) is 0 Å². The number of hydrogen-bond donors (Lipinski definition) is 1. The first kappa shape index (κ1) is 15.4. The molecule has 0 bridgehead atoms. The van der Waals surface area contributed by atoms with Crippen LogP contribution in [0.1, 0.15) is 6.42 Å². The van der Waals surface area contributed by atoms with Crippen molar-refractivity contribution in [3.63, 3.8) is 0 Å². The molecule has 0 aliphatic heterocycles. The van der Waals surface area contributed by atoms with Gasteiger partial charge in [-0.05, 0) is 56.9 Å². The van der Waals surface area contributed by atoms with E-state index >= 15 is 0 Å². The normalized spacial score (nSPS) is 11.4. The van der Waals surface area contributed by atoms with Crippen LogP contribution in [-0.4, -0.2) is 37.3 Å². The molecule has 2 aromatic carbocycles. The highest BCUT2D eigenvalue weighted by atomic mass is 16.5. The van der Waals surface area contributed by atoms with E-state index in [9.17, 15) is 9.90 Å². The van der Waals surface area contributed by atoms with Crippen molar-refractivity contribution in [1.29, 1.82) is 0 Å². The van der Waals surface area contributed by atoms with Gasteiger partial charge >= 0.3 is 0 Å². The summed E-state index contributed by atoms with van der Waals surface area (Å²) in [5.41, 5.74) is 0.796. The minimum atomic E-state index is -0.170. The Labute approximate surface area is 133 Å². The highest BCUT2D eigenvalue weighted by Crippen LogP contribution is 2.24. The molecule has 1 heterocycles. The fraction of sp³-hybridized carbons (Fsp3) is 0.278. The average Bonchev–Trinajstić information content (AvgIpc) is 2.53. The van der Waals surface area contributed by atoms with Crippen molar-refractivity contribution in [2.45, 2.75) is 6.42 Å². The van der Waals surface area contributed by atoms with Crippen LogP contribution in [0.4, 0.5) is 0 Å². The lowest BCUT2D eigenvalue weighted by molar-refractivity contribution is 0.282. The molecule has 120 valence electrons. The zero-order chi connectivity index (χ0) is 16.4. The smallest absolute Gasteiger partial charge is 0.200 e. The Kier molecular flexibility index (Phi) is 4.21. The highest BCUT2D eigenvalue weighted by Gasteiger charge is 2.09. The van der Waals surface area contributed by atoms with Gasteiger partial charge in [0.25, 0.3) is 0 Å². The molecule has 0 spiro atoms. The van der Waals surface area contributed by atoms with Gasteiger partial charge < -0.3 is 19.2 Å².